The summed E-state index contributed by atoms with van der Waals surface area (Å²) in [7, 11) is 1.77. The molecule has 0 N–H and O–H groups in total. The van der Waals surface area contributed by atoms with Crippen molar-refractivity contribution in [2.45, 2.75) is 13.3 Å². The van der Waals surface area contributed by atoms with Crippen molar-refractivity contribution in [3.05, 3.63) is 46.2 Å². The highest BCUT2D eigenvalue weighted by Crippen LogP contribution is 2.19. The molecule has 0 aliphatic rings. The summed E-state index contributed by atoms with van der Waals surface area (Å²) in [6.45, 7) is 1.84. The van der Waals surface area contributed by atoms with E-state index in [0.717, 1.165) is 5.56 Å². The van der Waals surface area contributed by atoms with E-state index in [2.05, 4.69) is 10.3 Å². The van der Waals surface area contributed by atoms with Crippen LogP contribution in [0.3, 0.4) is 0 Å². The van der Waals surface area contributed by atoms with Crippen LogP contribution in [0, 0.1) is 6.92 Å². The fourth-order valence-electron chi connectivity index (χ4n) is 1.65. The zero-order valence-electron chi connectivity index (χ0n) is 9.64. The second-order valence-corrected chi connectivity index (χ2v) is 4.30. The summed E-state index contributed by atoms with van der Waals surface area (Å²) >= 11 is 5.98. The average Bonchev–Trinajstić information content (AvgIpc) is 2.68. The molecular formula is C12H12ClN3O. The predicted molar refractivity (Wildman–Crippen MR) is 65.2 cm³/mol. The van der Waals surface area contributed by atoms with Crippen LogP contribution >= 0.6 is 11.6 Å². The molecule has 5 heteroatoms. The number of ketones is 1. The van der Waals surface area contributed by atoms with Gasteiger partial charge >= 0.3 is 0 Å². The van der Waals surface area contributed by atoms with E-state index in [1.807, 2.05) is 6.92 Å². The summed E-state index contributed by atoms with van der Waals surface area (Å²) in [5.74, 6) is 0.00509. The van der Waals surface area contributed by atoms with Crippen molar-refractivity contribution >= 4 is 17.4 Å². The average molecular weight is 250 g/mol. The second-order valence-electron chi connectivity index (χ2n) is 3.90. The quantitative estimate of drug-likeness (QED) is 0.784. The van der Waals surface area contributed by atoms with E-state index >= 15 is 0 Å². The normalized spacial score (nSPS) is 10.5. The Morgan fingerprint density at radius 2 is 2.24 bits per heavy atom. The van der Waals surface area contributed by atoms with E-state index < -0.39 is 0 Å². The lowest BCUT2D eigenvalue weighted by molar-refractivity contribution is 0.0991. The molecule has 0 aliphatic heterocycles. The number of aryl methyl sites for hydroxylation is 1. The summed E-state index contributed by atoms with van der Waals surface area (Å²) in [4.78, 5) is 12.1. The zero-order chi connectivity index (χ0) is 12.4. The molecule has 2 rings (SSSR count). The fourth-order valence-corrected chi connectivity index (χ4v) is 1.82. The first-order valence-electron chi connectivity index (χ1n) is 5.21. The highest BCUT2D eigenvalue weighted by Gasteiger charge is 2.13. The van der Waals surface area contributed by atoms with Crippen LogP contribution in [0.25, 0.3) is 0 Å². The number of benzene rings is 1. The summed E-state index contributed by atoms with van der Waals surface area (Å²) in [5.41, 5.74) is 2.11. The van der Waals surface area contributed by atoms with Gasteiger partial charge in [0.05, 0.1) is 12.1 Å². The van der Waals surface area contributed by atoms with Crippen molar-refractivity contribution in [3.63, 3.8) is 0 Å². The first kappa shape index (κ1) is 11.8. The molecule has 0 saturated heterocycles. The van der Waals surface area contributed by atoms with Gasteiger partial charge in [-0.1, -0.05) is 28.9 Å². The highest BCUT2D eigenvalue weighted by molar-refractivity contribution is 6.31. The Labute approximate surface area is 104 Å². The molecule has 1 aromatic carbocycles. The van der Waals surface area contributed by atoms with Gasteiger partial charge in [0.2, 0.25) is 0 Å². The van der Waals surface area contributed by atoms with E-state index in [4.69, 9.17) is 11.6 Å². The van der Waals surface area contributed by atoms with Crippen molar-refractivity contribution in [2.24, 2.45) is 7.05 Å². The van der Waals surface area contributed by atoms with Gasteiger partial charge in [0.15, 0.2) is 5.78 Å². The minimum absolute atomic E-state index is 0.00509. The number of Topliss-reactive ketones (excluding diaryl/α,β-unsaturated/α-hetero) is 1. The molecule has 0 radical (unpaired) electrons. The van der Waals surface area contributed by atoms with Crippen molar-refractivity contribution in [3.8, 4) is 0 Å². The molecule has 0 spiro atoms. The van der Waals surface area contributed by atoms with E-state index in [0.29, 0.717) is 16.3 Å². The van der Waals surface area contributed by atoms with E-state index in [9.17, 15) is 4.79 Å². The van der Waals surface area contributed by atoms with Gasteiger partial charge < -0.3 is 0 Å². The molecule has 0 saturated carbocycles. The van der Waals surface area contributed by atoms with Gasteiger partial charge in [0.25, 0.3) is 0 Å². The van der Waals surface area contributed by atoms with Gasteiger partial charge in [0, 0.05) is 23.8 Å². The number of aromatic nitrogens is 3. The molecule has 0 atom stereocenters. The maximum atomic E-state index is 12.1. The van der Waals surface area contributed by atoms with Crippen LogP contribution in [-0.4, -0.2) is 20.8 Å². The molecule has 0 unspecified atom stereocenters. The summed E-state index contributed by atoms with van der Waals surface area (Å²) in [6.07, 6.45) is 1.98. The maximum absolute atomic E-state index is 12.1. The van der Waals surface area contributed by atoms with Crippen LogP contribution in [0.1, 0.15) is 21.6 Å². The molecule has 1 aromatic heterocycles. The topological polar surface area (TPSA) is 47.8 Å². The van der Waals surface area contributed by atoms with Crippen LogP contribution in [0.2, 0.25) is 5.02 Å². The van der Waals surface area contributed by atoms with E-state index in [-0.39, 0.29) is 12.2 Å². The Kier molecular flexibility index (Phi) is 3.24. The molecule has 4 nitrogen and oxygen atoms in total. The first-order valence-corrected chi connectivity index (χ1v) is 5.59. The molecule has 88 valence electrons. The monoisotopic (exact) mass is 249 g/mol. The van der Waals surface area contributed by atoms with Crippen molar-refractivity contribution < 1.29 is 4.79 Å². The van der Waals surface area contributed by atoms with Gasteiger partial charge in [-0.05, 0) is 18.6 Å². The molecule has 17 heavy (non-hydrogen) atoms. The third-order valence-corrected chi connectivity index (χ3v) is 2.97. The maximum Gasteiger partial charge on any atom is 0.169 e. The van der Waals surface area contributed by atoms with Gasteiger partial charge in [-0.2, -0.15) is 0 Å². The lowest BCUT2D eigenvalue weighted by atomic mass is 10.0. The number of hydrogen-bond donors (Lipinski definition) is 0. The number of hydrogen-bond acceptors (Lipinski definition) is 3. The van der Waals surface area contributed by atoms with Crippen LogP contribution in [0.4, 0.5) is 0 Å². The van der Waals surface area contributed by atoms with E-state index in [1.165, 1.54) is 0 Å². The van der Waals surface area contributed by atoms with Crippen LogP contribution < -0.4 is 0 Å². The predicted octanol–water partition coefficient (Wildman–Crippen LogP) is 2.20. The number of carbonyl (C=O) groups excluding carboxylic acids is 1. The lowest BCUT2D eigenvalue weighted by Gasteiger charge is -2.04. The Bertz CT molecular complexity index is 563. The molecule has 0 fully saturated rings. The number of halogens is 1. The smallest absolute Gasteiger partial charge is 0.169 e. The van der Waals surface area contributed by atoms with Crippen LogP contribution in [0.15, 0.2) is 24.4 Å². The summed E-state index contributed by atoms with van der Waals surface area (Å²) < 4.78 is 1.58. The fraction of sp³-hybridized carbons (Fsp3) is 0.250. The van der Waals surface area contributed by atoms with E-state index in [1.54, 1.807) is 36.1 Å². The molecule has 2 aromatic rings. The Hall–Kier alpha value is -1.68. The van der Waals surface area contributed by atoms with Gasteiger partial charge in [-0.15, -0.1) is 5.10 Å². The molecule has 0 bridgehead atoms. The SMILES string of the molecule is Cc1c(Cl)cccc1C(=O)Cc1cn(C)nn1. The van der Waals surface area contributed by atoms with Gasteiger partial charge in [0.1, 0.15) is 0 Å². The lowest BCUT2D eigenvalue weighted by Crippen LogP contribution is -2.06. The Morgan fingerprint density at radius 1 is 1.47 bits per heavy atom. The third kappa shape index (κ3) is 2.53. The summed E-state index contributed by atoms with van der Waals surface area (Å²) in [5, 5.41) is 8.29. The molecule has 0 amide bonds. The first-order chi connectivity index (χ1) is 8.08. The van der Waals surface area contributed by atoms with Crippen molar-refractivity contribution in [1.29, 1.82) is 0 Å². The Morgan fingerprint density at radius 3 is 2.88 bits per heavy atom. The van der Waals surface area contributed by atoms with Crippen LogP contribution in [-0.2, 0) is 13.5 Å². The number of nitrogens with zero attached hydrogens (tertiary/aromatic N) is 3. The largest absolute Gasteiger partial charge is 0.294 e. The van der Waals surface area contributed by atoms with Crippen molar-refractivity contribution in [1.82, 2.24) is 15.0 Å². The van der Waals surface area contributed by atoms with Gasteiger partial charge in [-0.25, -0.2) is 0 Å². The second kappa shape index (κ2) is 4.67. The standard InChI is InChI=1S/C12H12ClN3O/c1-8-10(4-3-5-11(8)13)12(17)6-9-7-16(2)15-14-9/h3-5,7H,6H2,1-2H3. The number of carbonyl (C=O) groups is 1. The van der Waals surface area contributed by atoms with Gasteiger partial charge in [-0.3, -0.25) is 9.48 Å². The molecule has 0 aliphatic carbocycles. The Balaban J connectivity index is 2.23. The highest BCUT2D eigenvalue weighted by atomic mass is 35.5. The molecular weight excluding hydrogens is 238 g/mol. The minimum atomic E-state index is 0.00509. The summed E-state index contributed by atoms with van der Waals surface area (Å²) in [6, 6.07) is 5.33. The van der Waals surface area contributed by atoms with Crippen molar-refractivity contribution in [2.75, 3.05) is 0 Å². The minimum Gasteiger partial charge on any atom is -0.294 e. The number of rotatable bonds is 3. The van der Waals surface area contributed by atoms with Crippen LogP contribution in [0.5, 0.6) is 0 Å². The third-order valence-electron chi connectivity index (χ3n) is 2.56. The molecule has 1 heterocycles. The zero-order valence-corrected chi connectivity index (χ0v) is 10.4.